The Hall–Kier alpha value is -0.540. The molecule has 0 spiro atoms. The molecule has 64 valence electrons. The highest BCUT2D eigenvalue weighted by Crippen LogP contribution is 2.27. The normalized spacial score (nSPS) is 13.2. The third kappa shape index (κ3) is 1.62. The summed E-state index contributed by atoms with van der Waals surface area (Å²) in [7, 11) is 0. The standard InChI is InChI=1S/C8H7BrN2.ClH/c9-6-1-2-7-5(3-6)4-8(10)11-7;/h1-3H,4H2,(H2,10,11);1H. The summed E-state index contributed by atoms with van der Waals surface area (Å²) in [5, 5.41) is 0. The van der Waals surface area contributed by atoms with E-state index in [0.717, 1.165) is 16.6 Å². The summed E-state index contributed by atoms with van der Waals surface area (Å²) >= 11 is 3.39. The molecule has 2 nitrogen and oxygen atoms in total. The van der Waals surface area contributed by atoms with Crippen LogP contribution < -0.4 is 5.73 Å². The molecule has 0 saturated carbocycles. The second-order valence-corrected chi connectivity index (χ2v) is 3.47. The Labute approximate surface area is 85.4 Å². The lowest BCUT2D eigenvalue weighted by Crippen LogP contribution is -2.09. The third-order valence-corrected chi connectivity index (χ3v) is 2.17. The first-order valence-electron chi connectivity index (χ1n) is 3.37. The van der Waals surface area contributed by atoms with Gasteiger partial charge in [0, 0.05) is 10.9 Å². The van der Waals surface area contributed by atoms with E-state index in [9.17, 15) is 0 Å². The van der Waals surface area contributed by atoms with Gasteiger partial charge in [-0.05, 0) is 23.8 Å². The Balaban J connectivity index is 0.000000720. The lowest BCUT2D eigenvalue weighted by molar-refractivity contribution is 1.36. The maximum atomic E-state index is 5.57. The average Bonchev–Trinajstić information content (AvgIpc) is 2.27. The van der Waals surface area contributed by atoms with E-state index in [1.54, 1.807) is 0 Å². The van der Waals surface area contributed by atoms with Crippen molar-refractivity contribution < 1.29 is 0 Å². The molecule has 1 aliphatic heterocycles. The van der Waals surface area contributed by atoms with Crippen molar-refractivity contribution in [2.45, 2.75) is 6.42 Å². The van der Waals surface area contributed by atoms with Gasteiger partial charge in [0.1, 0.15) is 5.84 Å². The zero-order valence-electron chi connectivity index (χ0n) is 6.25. The number of benzene rings is 1. The van der Waals surface area contributed by atoms with Crippen molar-refractivity contribution in [2.24, 2.45) is 10.7 Å². The van der Waals surface area contributed by atoms with Gasteiger partial charge in [0.2, 0.25) is 0 Å². The maximum Gasteiger partial charge on any atom is 0.104 e. The van der Waals surface area contributed by atoms with Crippen molar-refractivity contribution >= 4 is 39.9 Å². The number of nitrogens with zero attached hydrogens (tertiary/aromatic N) is 1. The van der Waals surface area contributed by atoms with Crippen LogP contribution in [0.15, 0.2) is 27.7 Å². The largest absolute Gasteiger partial charge is 0.387 e. The minimum absolute atomic E-state index is 0. The van der Waals surface area contributed by atoms with E-state index in [1.165, 1.54) is 5.56 Å². The second kappa shape index (κ2) is 3.46. The molecule has 1 heterocycles. The van der Waals surface area contributed by atoms with Crippen molar-refractivity contribution in [3.63, 3.8) is 0 Å². The van der Waals surface area contributed by atoms with Gasteiger partial charge in [-0.15, -0.1) is 12.4 Å². The molecule has 0 aromatic heterocycles. The van der Waals surface area contributed by atoms with Crippen LogP contribution in [0.5, 0.6) is 0 Å². The molecule has 0 amide bonds. The van der Waals surface area contributed by atoms with E-state index < -0.39 is 0 Å². The fourth-order valence-corrected chi connectivity index (χ4v) is 1.60. The monoisotopic (exact) mass is 246 g/mol. The molecule has 0 fully saturated rings. The molecule has 0 unspecified atom stereocenters. The molecule has 12 heavy (non-hydrogen) atoms. The minimum Gasteiger partial charge on any atom is -0.387 e. The highest BCUT2D eigenvalue weighted by Gasteiger charge is 2.10. The molecule has 0 aliphatic carbocycles. The van der Waals surface area contributed by atoms with Gasteiger partial charge in [0.05, 0.1) is 5.69 Å². The predicted octanol–water partition coefficient (Wildman–Crippen LogP) is 2.42. The van der Waals surface area contributed by atoms with Gasteiger partial charge >= 0.3 is 0 Å². The fourth-order valence-electron chi connectivity index (χ4n) is 1.19. The average molecular weight is 248 g/mol. The molecule has 2 N–H and O–H groups in total. The van der Waals surface area contributed by atoms with Gasteiger partial charge in [0.25, 0.3) is 0 Å². The Kier molecular flexibility index (Phi) is 2.75. The fraction of sp³-hybridized carbons (Fsp3) is 0.125. The molecule has 0 saturated heterocycles. The Bertz CT molecular complexity index is 336. The quantitative estimate of drug-likeness (QED) is 0.751. The number of hydrogen-bond donors (Lipinski definition) is 1. The molecule has 0 atom stereocenters. The van der Waals surface area contributed by atoms with Crippen LogP contribution in [0.1, 0.15) is 5.56 Å². The first-order valence-corrected chi connectivity index (χ1v) is 4.16. The number of nitrogens with two attached hydrogens (primary N) is 1. The van der Waals surface area contributed by atoms with Gasteiger partial charge in [-0.25, -0.2) is 4.99 Å². The van der Waals surface area contributed by atoms with Gasteiger partial charge in [-0.2, -0.15) is 0 Å². The summed E-state index contributed by atoms with van der Waals surface area (Å²) in [5.74, 6) is 0.707. The van der Waals surface area contributed by atoms with Gasteiger partial charge in [-0.1, -0.05) is 15.9 Å². The smallest absolute Gasteiger partial charge is 0.104 e. The van der Waals surface area contributed by atoms with Crippen LogP contribution >= 0.6 is 28.3 Å². The molecular weight excluding hydrogens is 239 g/mol. The number of halogens is 2. The third-order valence-electron chi connectivity index (χ3n) is 1.68. The highest BCUT2D eigenvalue weighted by atomic mass is 79.9. The summed E-state index contributed by atoms with van der Waals surface area (Å²) in [6, 6.07) is 6.00. The van der Waals surface area contributed by atoms with E-state index in [0.29, 0.717) is 5.84 Å². The van der Waals surface area contributed by atoms with Crippen LogP contribution in [0.2, 0.25) is 0 Å². The number of hydrogen-bond acceptors (Lipinski definition) is 2. The lowest BCUT2D eigenvalue weighted by Gasteiger charge is -1.95. The topological polar surface area (TPSA) is 38.4 Å². The molecule has 0 bridgehead atoms. The molecular formula is C8H8BrClN2. The van der Waals surface area contributed by atoms with Crippen LogP contribution in [0, 0.1) is 0 Å². The summed E-state index contributed by atoms with van der Waals surface area (Å²) in [6.07, 6.45) is 0.786. The number of fused-ring (bicyclic) bond motifs is 1. The second-order valence-electron chi connectivity index (χ2n) is 2.55. The van der Waals surface area contributed by atoms with E-state index in [2.05, 4.69) is 27.0 Å². The Morgan fingerprint density at radius 3 is 2.92 bits per heavy atom. The van der Waals surface area contributed by atoms with Crippen molar-refractivity contribution in [2.75, 3.05) is 0 Å². The van der Waals surface area contributed by atoms with Crippen LogP contribution in [0.25, 0.3) is 0 Å². The molecule has 1 aromatic rings. The first-order chi connectivity index (χ1) is 5.25. The predicted molar refractivity (Wildman–Crippen MR) is 56.4 cm³/mol. The molecule has 1 aliphatic rings. The van der Waals surface area contributed by atoms with Crippen molar-refractivity contribution in [3.8, 4) is 0 Å². The molecule has 4 heteroatoms. The Morgan fingerprint density at radius 1 is 1.42 bits per heavy atom. The maximum absolute atomic E-state index is 5.57. The zero-order valence-corrected chi connectivity index (χ0v) is 8.65. The summed E-state index contributed by atoms with van der Waals surface area (Å²) in [4.78, 5) is 4.17. The van der Waals surface area contributed by atoms with Crippen molar-refractivity contribution in [1.29, 1.82) is 0 Å². The summed E-state index contributed by atoms with van der Waals surface area (Å²) in [5.41, 5.74) is 7.78. The summed E-state index contributed by atoms with van der Waals surface area (Å²) < 4.78 is 1.08. The molecule has 1 aromatic carbocycles. The van der Waals surface area contributed by atoms with Crippen LogP contribution in [0.3, 0.4) is 0 Å². The minimum atomic E-state index is 0. The molecule has 0 radical (unpaired) electrons. The highest BCUT2D eigenvalue weighted by molar-refractivity contribution is 9.10. The van der Waals surface area contributed by atoms with Crippen molar-refractivity contribution in [1.82, 2.24) is 0 Å². The van der Waals surface area contributed by atoms with Crippen LogP contribution in [-0.2, 0) is 6.42 Å². The van der Waals surface area contributed by atoms with Gasteiger partial charge < -0.3 is 5.73 Å². The number of amidine groups is 1. The number of aliphatic imine (C=N–C) groups is 1. The summed E-state index contributed by atoms with van der Waals surface area (Å²) in [6.45, 7) is 0. The van der Waals surface area contributed by atoms with E-state index in [1.807, 2.05) is 12.1 Å². The van der Waals surface area contributed by atoms with Crippen LogP contribution in [0.4, 0.5) is 5.69 Å². The van der Waals surface area contributed by atoms with E-state index >= 15 is 0 Å². The number of rotatable bonds is 0. The van der Waals surface area contributed by atoms with Crippen LogP contribution in [-0.4, -0.2) is 5.84 Å². The van der Waals surface area contributed by atoms with E-state index in [4.69, 9.17) is 5.73 Å². The SMILES string of the molecule is Cl.NC1=Nc2ccc(Br)cc2C1. The molecule has 2 rings (SSSR count). The lowest BCUT2D eigenvalue weighted by atomic mass is 10.1. The van der Waals surface area contributed by atoms with Gasteiger partial charge in [0.15, 0.2) is 0 Å². The first kappa shape index (κ1) is 9.55. The zero-order chi connectivity index (χ0) is 7.84. The van der Waals surface area contributed by atoms with E-state index in [-0.39, 0.29) is 12.4 Å². The van der Waals surface area contributed by atoms with Gasteiger partial charge in [-0.3, -0.25) is 0 Å². The Morgan fingerprint density at radius 2 is 2.17 bits per heavy atom. The van der Waals surface area contributed by atoms with Crippen molar-refractivity contribution in [3.05, 3.63) is 28.2 Å².